The summed E-state index contributed by atoms with van der Waals surface area (Å²) >= 11 is 0. The minimum Gasteiger partial charge on any atom is -0.323 e. The van der Waals surface area contributed by atoms with Gasteiger partial charge in [-0.25, -0.2) is 9.34 Å². The van der Waals surface area contributed by atoms with Crippen LogP contribution >= 0.6 is 8.45 Å². The molecule has 6 heteroatoms. The zero-order valence-electron chi connectivity index (χ0n) is 19.1. The molecule has 0 N–H and O–H groups in total. The highest BCUT2D eigenvalue weighted by Gasteiger charge is 2.51. The Morgan fingerprint density at radius 3 is 1.79 bits per heavy atom. The fourth-order valence-electron chi connectivity index (χ4n) is 4.56. The third-order valence-electron chi connectivity index (χ3n) is 5.69. The Bertz CT molecular complexity index is 600. The third-order valence-corrected chi connectivity index (χ3v) is 11.1. The Hall–Kier alpha value is -0.0362. The second-order valence-electron chi connectivity index (χ2n) is 11.1. The Balaban J connectivity index is 1.90. The van der Waals surface area contributed by atoms with E-state index >= 15 is 0 Å². The lowest BCUT2D eigenvalue weighted by Gasteiger charge is -2.37. The van der Waals surface area contributed by atoms with E-state index in [4.69, 9.17) is 4.52 Å². The van der Waals surface area contributed by atoms with Gasteiger partial charge in [-0.1, -0.05) is 82.5 Å². The molecule has 2 aliphatic rings. The summed E-state index contributed by atoms with van der Waals surface area (Å²) in [6, 6.07) is 12.2. The molecular weight excluding hydrogens is 395 g/mol. The van der Waals surface area contributed by atoms with Gasteiger partial charge in [0.05, 0.1) is 22.3 Å². The first-order chi connectivity index (χ1) is 13.1. The zero-order chi connectivity index (χ0) is 20.5. The van der Waals surface area contributed by atoms with Crippen LogP contribution in [0.5, 0.6) is 0 Å². The van der Waals surface area contributed by atoms with Gasteiger partial charge in [0, 0.05) is 12.1 Å². The molecule has 1 aromatic rings. The van der Waals surface area contributed by atoms with E-state index in [0.717, 1.165) is 0 Å². The van der Waals surface area contributed by atoms with E-state index in [1.807, 2.05) is 0 Å². The van der Waals surface area contributed by atoms with Crippen LogP contribution in [0.3, 0.4) is 0 Å². The van der Waals surface area contributed by atoms with Crippen LogP contribution in [0.4, 0.5) is 0 Å². The van der Waals surface area contributed by atoms with Crippen LogP contribution in [-0.2, 0) is 4.52 Å². The van der Waals surface area contributed by atoms with Gasteiger partial charge in [0.15, 0.2) is 8.45 Å². The Labute approximate surface area is 176 Å². The molecule has 0 aromatic heterocycles. The molecule has 1 saturated heterocycles. The minimum absolute atomic E-state index is 0.153. The normalized spacial score (nSPS) is 26.4. The van der Waals surface area contributed by atoms with E-state index in [2.05, 4.69) is 85.9 Å². The molecule has 3 rings (SSSR count). The van der Waals surface area contributed by atoms with Crippen molar-refractivity contribution in [1.29, 1.82) is 0 Å². The highest BCUT2D eigenvalue weighted by Crippen LogP contribution is 2.60. The van der Waals surface area contributed by atoms with Crippen molar-refractivity contribution in [3.63, 3.8) is 0 Å². The Morgan fingerprint density at radius 1 is 0.893 bits per heavy atom. The predicted octanol–water partition coefficient (Wildman–Crippen LogP) is 6.67. The Kier molecular flexibility index (Phi) is 7.27. The highest BCUT2D eigenvalue weighted by atomic mass is 31.2. The van der Waals surface area contributed by atoms with E-state index in [-0.39, 0.29) is 6.10 Å². The van der Waals surface area contributed by atoms with Gasteiger partial charge in [0.25, 0.3) is 0 Å². The maximum Gasteiger partial charge on any atom is 0.188 e. The molecular formula is C22H41N2OPSi2. The van der Waals surface area contributed by atoms with Gasteiger partial charge in [-0.15, -0.1) is 0 Å². The molecule has 1 saturated carbocycles. The lowest BCUT2D eigenvalue weighted by Crippen LogP contribution is -2.46. The number of rotatable bonds is 7. The summed E-state index contributed by atoms with van der Waals surface area (Å²) in [5, 5.41) is 0. The molecule has 0 radical (unpaired) electrons. The van der Waals surface area contributed by atoms with Gasteiger partial charge in [-0.05, 0) is 37.7 Å². The van der Waals surface area contributed by atoms with Gasteiger partial charge >= 0.3 is 0 Å². The van der Waals surface area contributed by atoms with Crippen LogP contribution in [-0.4, -0.2) is 49.9 Å². The van der Waals surface area contributed by atoms with E-state index in [9.17, 15) is 0 Å². The third kappa shape index (κ3) is 5.77. The first-order valence-corrected chi connectivity index (χ1v) is 19.7. The molecule has 3 atom stereocenters. The quantitative estimate of drug-likeness (QED) is 0.350. The first-order valence-electron chi connectivity index (χ1n) is 11.1. The van der Waals surface area contributed by atoms with E-state index in [1.54, 1.807) is 0 Å². The molecule has 3 nitrogen and oxygen atoms in total. The standard InChI is InChI=1S/C22H41N2OPSi2/c1-19(20-13-9-8-10-14-20)25-26-23(17-27(2,3)4)21-15-11-12-16-22(21)24(26)18-28(5,6)7/h8-10,13-14,19,21-22H,11-12,15-18H2,1-7H3/t19-,21+,22+/m0/s1. The number of fused-ring (bicyclic) bond motifs is 1. The van der Waals surface area contributed by atoms with Crippen molar-refractivity contribution in [2.75, 3.05) is 12.3 Å². The smallest absolute Gasteiger partial charge is 0.188 e. The van der Waals surface area contributed by atoms with Crippen molar-refractivity contribution in [2.45, 2.75) is 90.1 Å². The van der Waals surface area contributed by atoms with Gasteiger partial charge in [0.1, 0.15) is 0 Å². The van der Waals surface area contributed by atoms with Crippen LogP contribution in [0, 0.1) is 0 Å². The van der Waals surface area contributed by atoms with Crippen molar-refractivity contribution in [1.82, 2.24) is 9.34 Å². The largest absolute Gasteiger partial charge is 0.323 e. The molecule has 28 heavy (non-hydrogen) atoms. The van der Waals surface area contributed by atoms with Crippen molar-refractivity contribution in [3.8, 4) is 0 Å². The number of benzene rings is 1. The maximum atomic E-state index is 6.97. The van der Waals surface area contributed by atoms with Crippen LogP contribution in [0.25, 0.3) is 0 Å². The SMILES string of the molecule is C[C@H](OP1N(C[Si](C)(C)C)[C@@H]2CCCC[C@H]2N1C[Si](C)(C)C)c1ccccc1. The average molecular weight is 437 g/mol. The second-order valence-corrected chi connectivity index (χ2v) is 23.8. The van der Waals surface area contributed by atoms with Crippen molar-refractivity contribution in [3.05, 3.63) is 35.9 Å². The molecule has 0 spiro atoms. The number of nitrogens with zero attached hydrogens (tertiary/aromatic N) is 2. The molecule has 1 aliphatic carbocycles. The summed E-state index contributed by atoms with van der Waals surface area (Å²) in [5.41, 5.74) is 1.31. The number of hydrogen-bond donors (Lipinski definition) is 0. The minimum atomic E-state index is -1.21. The summed E-state index contributed by atoms with van der Waals surface area (Å²) in [4.78, 5) is 0. The number of hydrogen-bond acceptors (Lipinski definition) is 3. The van der Waals surface area contributed by atoms with E-state index in [1.165, 1.54) is 43.6 Å². The van der Waals surface area contributed by atoms with Crippen LogP contribution in [0.15, 0.2) is 30.3 Å². The summed E-state index contributed by atoms with van der Waals surface area (Å²) in [6.07, 6.45) is 8.19. The molecule has 158 valence electrons. The summed E-state index contributed by atoms with van der Waals surface area (Å²) in [5.74, 6) is 0. The van der Waals surface area contributed by atoms with Crippen molar-refractivity contribution >= 4 is 24.6 Å². The van der Waals surface area contributed by atoms with Gasteiger partial charge in [-0.3, -0.25) is 0 Å². The molecule has 2 fully saturated rings. The first kappa shape index (κ1) is 22.6. The highest BCUT2D eigenvalue weighted by molar-refractivity contribution is 7.48. The van der Waals surface area contributed by atoms with Gasteiger partial charge in [0.2, 0.25) is 0 Å². The van der Waals surface area contributed by atoms with Crippen molar-refractivity contribution in [2.24, 2.45) is 0 Å². The van der Waals surface area contributed by atoms with Crippen LogP contribution in [0.2, 0.25) is 39.3 Å². The lowest BCUT2D eigenvalue weighted by molar-refractivity contribution is 0.220. The predicted molar refractivity (Wildman–Crippen MR) is 129 cm³/mol. The molecule has 0 amide bonds. The monoisotopic (exact) mass is 436 g/mol. The summed E-state index contributed by atoms with van der Waals surface area (Å²) < 4.78 is 12.7. The molecule has 1 aliphatic heterocycles. The Morgan fingerprint density at radius 2 is 1.36 bits per heavy atom. The van der Waals surface area contributed by atoms with Gasteiger partial charge in [-0.2, -0.15) is 0 Å². The molecule has 1 heterocycles. The van der Waals surface area contributed by atoms with Crippen molar-refractivity contribution < 1.29 is 4.52 Å². The second kappa shape index (κ2) is 8.99. The topological polar surface area (TPSA) is 15.7 Å². The zero-order valence-corrected chi connectivity index (χ0v) is 22.0. The van der Waals surface area contributed by atoms with Crippen LogP contribution in [0.1, 0.15) is 44.3 Å². The maximum absolute atomic E-state index is 6.97. The molecule has 1 aromatic carbocycles. The summed E-state index contributed by atoms with van der Waals surface area (Å²) in [7, 11) is -3.10. The van der Waals surface area contributed by atoms with E-state index in [0.29, 0.717) is 12.1 Å². The summed E-state index contributed by atoms with van der Waals surface area (Å²) in [6.45, 7) is 17.3. The van der Waals surface area contributed by atoms with Gasteiger partial charge < -0.3 is 4.52 Å². The molecule has 0 unspecified atom stereocenters. The fourth-order valence-corrected chi connectivity index (χ4v) is 12.5. The lowest BCUT2D eigenvalue weighted by atomic mass is 9.90. The fraction of sp³-hybridized carbons (Fsp3) is 0.727. The average Bonchev–Trinajstić information content (AvgIpc) is 2.86. The molecule has 0 bridgehead atoms. The van der Waals surface area contributed by atoms with E-state index < -0.39 is 24.6 Å². The van der Waals surface area contributed by atoms with Crippen LogP contribution < -0.4 is 0 Å².